The van der Waals surface area contributed by atoms with E-state index in [4.69, 9.17) is 8.94 Å². The molecule has 2 atom stereocenters. The average molecular weight is 421 g/mol. The van der Waals surface area contributed by atoms with Crippen molar-refractivity contribution in [3.8, 4) is 11.5 Å². The van der Waals surface area contributed by atoms with Crippen LogP contribution in [0.15, 0.2) is 51.4 Å². The summed E-state index contributed by atoms with van der Waals surface area (Å²) in [5, 5.41) is 10.2. The minimum Gasteiger partial charge on any atom is -0.423 e. The van der Waals surface area contributed by atoms with Crippen molar-refractivity contribution in [2.24, 2.45) is 0 Å². The molecule has 0 spiro atoms. The van der Waals surface area contributed by atoms with Crippen molar-refractivity contribution in [3.63, 3.8) is 0 Å². The Balaban J connectivity index is 1.33. The summed E-state index contributed by atoms with van der Waals surface area (Å²) in [6.45, 7) is 1.73. The highest BCUT2D eigenvalue weighted by Crippen LogP contribution is 2.27. The smallest absolute Gasteiger partial charge is 0.295 e. The number of halogens is 1. The Morgan fingerprint density at radius 3 is 2.81 bits per heavy atom. The first-order valence-corrected chi connectivity index (χ1v) is 10.1. The molecule has 0 aliphatic heterocycles. The molecule has 4 aromatic rings. The third-order valence-electron chi connectivity index (χ3n) is 5.42. The second kappa shape index (κ2) is 7.82. The first-order chi connectivity index (χ1) is 15.1. The van der Waals surface area contributed by atoms with Crippen molar-refractivity contribution in [1.29, 1.82) is 0 Å². The Bertz CT molecular complexity index is 1250. The van der Waals surface area contributed by atoms with Crippen LogP contribution in [0, 0.1) is 12.7 Å². The fourth-order valence-electron chi connectivity index (χ4n) is 3.94. The van der Waals surface area contributed by atoms with Crippen LogP contribution >= 0.6 is 0 Å². The maximum Gasteiger partial charge on any atom is 0.295 e. The molecule has 158 valence electrons. The summed E-state index contributed by atoms with van der Waals surface area (Å²) in [5.74, 6) is 0.215. The molecule has 8 nitrogen and oxygen atoms in total. The summed E-state index contributed by atoms with van der Waals surface area (Å²) >= 11 is 0. The predicted octanol–water partition coefficient (Wildman–Crippen LogP) is 4.09. The third-order valence-corrected chi connectivity index (χ3v) is 5.42. The van der Waals surface area contributed by atoms with Crippen LogP contribution in [0.25, 0.3) is 22.6 Å². The summed E-state index contributed by atoms with van der Waals surface area (Å²) < 4.78 is 24.3. The molecule has 2 heterocycles. The summed E-state index contributed by atoms with van der Waals surface area (Å²) in [6.07, 6.45) is 2.62. The zero-order valence-corrected chi connectivity index (χ0v) is 16.8. The van der Waals surface area contributed by atoms with Crippen molar-refractivity contribution in [2.45, 2.75) is 38.3 Å². The topological polar surface area (TPSA) is 106 Å². The molecule has 1 aliphatic rings. The van der Waals surface area contributed by atoms with Crippen LogP contribution in [0.5, 0.6) is 0 Å². The molecule has 1 aliphatic carbocycles. The van der Waals surface area contributed by atoms with E-state index in [-0.39, 0.29) is 23.8 Å². The maximum atomic E-state index is 13.4. The van der Waals surface area contributed by atoms with Gasteiger partial charge in [-0.15, -0.1) is 0 Å². The SMILES string of the molecule is Cc1noc(-c2ccccc2C(=O)N[C@H]2CCC[C@H]2Nc2nc3ccc(F)cc3o2)n1. The molecule has 2 aromatic heterocycles. The Hall–Kier alpha value is -3.75. The van der Waals surface area contributed by atoms with Gasteiger partial charge in [-0.25, -0.2) is 4.39 Å². The zero-order chi connectivity index (χ0) is 21.4. The van der Waals surface area contributed by atoms with E-state index in [0.29, 0.717) is 40.0 Å². The fourth-order valence-corrected chi connectivity index (χ4v) is 3.94. The lowest BCUT2D eigenvalue weighted by atomic mass is 10.1. The number of rotatable bonds is 5. The van der Waals surface area contributed by atoms with Crippen LogP contribution in [0.3, 0.4) is 0 Å². The van der Waals surface area contributed by atoms with Gasteiger partial charge in [0, 0.05) is 12.1 Å². The summed E-state index contributed by atoms with van der Waals surface area (Å²) in [4.78, 5) is 21.7. The maximum absolute atomic E-state index is 13.4. The van der Waals surface area contributed by atoms with Crippen molar-refractivity contribution < 1.29 is 18.1 Å². The lowest BCUT2D eigenvalue weighted by Gasteiger charge is -2.21. The molecule has 0 saturated heterocycles. The van der Waals surface area contributed by atoms with Gasteiger partial charge in [0.25, 0.3) is 17.8 Å². The molecule has 0 unspecified atom stereocenters. The van der Waals surface area contributed by atoms with Gasteiger partial charge in [-0.3, -0.25) is 4.79 Å². The van der Waals surface area contributed by atoms with Crippen LogP contribution < -0.4 is 10.6 Å². The van der Waals surface area contributed by atoms with E-state index >= 15 is 0 Å². The number of nitrogens with zero attached hydrogens (tertiary/aromatic N) is 3. The number of fused-ring (bicyclic) bond motifs is 1. The highest BCUT2D eigenvalue weighted by molar-refractivity contribution is 6.00. The number of carbonyl (C=O) groups is 1. The Morgan fingerprint density at radius 2 is 1.97 bits per heavy atom. The van der Waals surface area contributed by atoms with E-state index in [1.165, 1.54) is 12.1 Å². The Kier molecular flexibility index (Phi) is 4.85. The Labute approximate surface area is 176 Å². The second-order valence-corrected chi connectivity index (χ2v) is 7.59. The molecular formula is C22H20FN5O3. The number of carbonyl (C=O) groups excluding carboxylic acids is 1. The van der Waals surface area contributed by atoms with E-state index < -0.39 is 0 Å². The quantitative estimate of drug-likeness (QED) is 0.500. The number of amides is 1. The number of hydrogen-bond acceptors (Lipinski definition) is 7. The molecule has 9 heteroatoms. The van der Waals surface area contributed by atoms with Crippen LogP contribution in [0.2, 0.25) is 0 Å². The van der Waals surface area contributed by atoms with Crippen molar-refractivity contribution >= 4 is 23.0 Å². The van der Waals surface area contributed by atoms with Crippen LogP contribution in [0.4, 0.5) is 10.4 Å². The number of oxazole rings is 1. The monoisotopic (exact) mass is 421 g/mol. The second-order valence-electron chi connectivity index (χ2n) is 7.59. The number of anilines is 1. The fraction of sp³-hybridized carbons (Fsp3) is 0.273. The molecule has 5 rings (SSSR count). The number of aromatic nitrogens is 3. The van der Waals surface area contributed by atoms with Gasteiger partial charge < -0.3 is 19.6 Å². The van der Waals surface area contributed by atoms with Crippen molar-refractivity contribution in [1.82, 2.24) is 20.4 Å². The average Bonchev–Trinajstić information content (AvgIpc) is 3.48. The van der Waals surface area contributed by atoms with Gasteiger partial charge in [0.1, 0.15) is 11.3 Å². The molecule has 2 aromatic carbocycles. The van der Waals surface area contributed by atoms with E-state index in [0.717, 1.165) is 19.3 Å². The molecule has 0 radical (unpaired) electrons. The minimum atomic E-state index is -0.378. The normalized spacial score (nSPS) is 18.4. The number of aryl methyl sites for hydroxylation is 1. The van der Waals surface area contributed by atoms with E-state index in [1.807, 2.05) is 6.07 Å². The number of hydrogen-bond donors (Lipinski definition) is 2. The van der Waals surface area contributed by atoms with Crippen LogP contribution in [0.1, 0.15) is 35.4 Å². The summed E-state index contributed by atoms with van der Waals surface area (Å²) in [7, 11) is 0. The molecular weight excluding hydrogens is 401 g/mol. The van der Waals surface area contributed by atoms with Gasteiger partial charge in [-0.1, -0.05) is 17.3 Å². The molecule has 1 fully saturated rings. The molecule has 2 N–H and O–H groups in total. The van der Waals surface area contributed by atoms with E-state index in [1.54, 1.807) is 31.2 Å². The van der Waals surface area contributed by atoms with E-state index in [2.05, 4.69) is 25.8 Å². The Morgan fingerprint density at radius 1 is 1.13 bits per heavy atom. The van der Waals surface area contributed by atoms with Gasteiger partial charge in [0.15, 0.2) is 11.4 Å². The minimum absolute atomic E-state index is 0.0559. The van der Waals surface area contributed by atoms with Gasteiger partial charge in [-0.05, 0) is 50.5 Å². The number of nitrogens with one attached hydrogen (secondary N) is 2. The lowest BCUT2D eigenvalue weighted by Crippen LogP contribution is -2.43. The first-order valence-electron chi connectivity index (χ1n) is 10.1. The van der Waals surface area contributed by atoms with Gasteiger partial charge in [0.2, 0.25) is 0 Å². The summed E-state index contributed by atoms with van der Waals surface area (Å²) in [5.41, 5.74) is 2.01. The molecule has 1 saturated carbocycles. The van der Waals surface area contributed by atoms with E-state index in [9.17, 15) is 9.18 Å². The molecule has 1 amide bonds. The third kappa shape index (κ3) is 3.86. The lowest BCUT2D eigenvalue weighted by molar-refractivity contribution is 0.0936. The van der Waals surface area contributed by atoms with Gasteiger partial charge in [-0.2, -0.15) is 9.97 Å². The number of benzene rings is 2. The van der Waals surface area contributed by atoms with Crippen molar-refractivity contribution in [3.05, 3.63) is 59.7 Å². The zero-order valence-electron chi connectivity index (χ0n) is 16.8. The molecule has 0 bridgehead atoms. The highest BCUT2D eigenvalue weighted by atomic mass is 19.1. The van der Waals surface area contributed by atoms with Gasteiger partial charge in [0.05, 0.1) is 17.2 Å². The highest BCUT2D eigenvalue weighted by Gasteiger charge is 2.31. The van der Waals surface area contributed by atoms with Gasteiger partial charge >= 0.3 is 0 Å². The largest absolute Gasteiger partial charge is 0.423 e. The first kappa shape index (κ1) is 19.2. The molecule has 31 heavy (non-hydrogen) atoms. The standard InChI is InChI=1S/C22H20FN5O3/c1-12-24-21(31-28-12)15-6-3-2-5-14(15)20(29)25-16-7-4-8-17(16)26-22-27-18-10-9-13(23)11-19(18)30-22/h2-3,5-6,9-11,16-17H,4,7-8H2,1H3,(H,25,29)(H,26,27)/t16-,17+/m0/s1. The summed E-state index contributed by atoms with van der Waals surface area (Å²) in [6, 6.07) is 11.5. The van der Waals surface area contributed by atoms with Crippen LogP contribution in [-0.2, 0) is 0 Å². The van der Waals surface area contributed by atoms with Crippen molar-refractivity contribution in [2.75, 3.05) is 5.32 Å². The van der Waals surface area contributed by atoms with Crippen LogP contribution in [-0.4, -0.2) is 33.1 Å². The predicted molar refractivity (Wildman–Crippen MR) is 111 cm³/mol.